The van der Waals surface area contributed by atoms with Crippen molar-refractivity contribution in [2.75, 3.05) is 7.05 Å². The molecule has 0 aliphatic carbocycles. The number of nitrogens with one attached hydrogen (secondary N) is 1. The zero-order valence-electron chi connectivity index (χ0n) is 12.3. The fraction of sp³-hybridized carbons (Fsp3) is 0.412. The van der Waals surface area contributed by atoms with Crippen molar-refractivity contribution in [1.82, 2.24) is 5.32 Å². The van der Waals surface area contributed by atoms with E-state index in [9.17, 15) is 0 Å². The van der Waals surface area contributed by atoms with E-state index in [0.717, 1.165) is 12.8 Å². The first-order valence-corrected chi connectivity index (χ1v) is 7.77. The van der Waals surface area contributed by atoms with Crippen molar-refractivity contribution >= 4 is 11.3 Å². The van der Waals surface area contributed by atoms with E-state index in [1.807, 2.05) is 11.3 Å². The third-order valence-electron chi connectivity index (χ3n) is 3.75. The molecule has 19 heavy (non-hydrogen) atoms. The molecule has 0 bridgehead atoms. The van der Waals surface area contributed by atoms with E-state index in [1.165, 1.54) is 26.4 Å². The van der Waals surface area contributed by atoms with E-state index in [4.69, 9.17) is 0 Å². The summed E-state index contributed by atoms with van der Waals surface area (Å²) in [4.78, 5) is 2.87. The van der Waals surface area contributed by atoms with Crippen molar-refractivity contribution in [3.05, 3.63) is 56.8 Å². The number of aryl methyl sites for hydroxylation is 3. The number of likely N-dealkylation sites (N-methyl/N-ethyl adjacent to an activating group) is 1. The van der Waals surface area contributed by atoms with Crippen LogP contribution in [0.3, 0.4) is 0 Å². The molecule has 1 aromatic carbocycles. The van der Waals surface area contributed by atoms with Crippen molar-refractivity contribution in [1.29, 1.82) is 0 Å². The Morgan fingerprint density at radius 3 is 2.21 bits per heavy atom. The molecule has 2 rings (SSSR count). The average molecular weight is 273 g/mol. The van der Waals surface area contributed by atoms with Gasteiger partial charge in [-0.15, -0.1) is 11.3 Å². The number of hydrogen-bond donors (Lipinski definition) is 1. The number of thiophene rings is 1. The van der Waals surface area contributed by atoms with E-state index < -0.39 is 0 Å². The molecule has 2 heteroatoms. The lowest BCUT2D eigenvalue weighted by Gasteiger charge is -2.15. The molecule has 1 aromatic heterocycles. The minimum atomic E-state index is 0.421. The normalized spacial score (nSPS) is 12.6. The lowest BCUT2D eigenvalue weighted by Crippen LogP contribution is -2.17. The first-order valence-electron chi connectivity index (χ1n) is 6.96. The van der Waals surface area contributed by atoms with Gasteiger partial charge in [0.25, 0.3) is 0 Å². The predicted molar refractivity (Wildman–Crippen MR) is 85.1 cm³/mol. The van der Waals surface area contributed by atoms with Crippen molar-refractivity contribution < 1.29 is 0 Å². The Hall–Kier alpha value is -1.12. The molecule has 102 valence electrons. The van der Waals surface area contributed by atoms with Crippen molar-refractivity contribution in [3.8, 4) is 0 Å². The maximum atomic E-state index is 3.45. The van der Waals surface area contributed by atoms with Crippen LogP contribution in [0, 0.1) is 13.8 Å². The molecule has 0 amide bonds. The van der Waals surface area contributed by atoms with Crippen LogP contribution in [-0.4, -0.2) is 7.05 Å². The molecule has 0 fully saturated rings. The fourth-order valence-corrected chi connectivity index (χ4v) is 3.42. The van der Waals surface area contributed by atoms with Crippen LogP contribution in [0.1, 0.15) is 39.4 Å². The minimum absolute atomic E-state index is 0.421. The number of benzene rings is 1. The molecular weight excluding hydrogens is 250 g/mol. The van der Waals surface area contributed by atoms with Gasteiger partial charge >= 0.3 is 0 Å². The summed E-state index contributed by atoms with van der Waals surface area (Å²) >= 11 is 1.91. The third-order valence-corrected chi connectivity index (χ3v) is 5.01. The monoisotopic (exact) mass is 273 g/mol. The smallest absolute Gasteiger partial charge is 0.0453 e. The lowest BCUT2D eigenvalue weighted by molar-refractivity contribution is 0.602. The molecule has 0 saturated carbocycles. The molecule has 0 saturated heterocycles. The van der Waals surface area contributed by atoms with Crippen LogP contribution >= 0.6 is 11.3 Å². The molecule has 1 N–H and O–H groups in total. The van der Waals surface area contributed by atoms with E-state index in [2.05, 4.69) is 63.5 Å². The first kappa shape index (κ1) is 14.3. The summed E-state index contributed by atoms with van der Waals surface area (Å²) in [5.74, 6) is 0. The van der Waals surface area contributed by atoms with Crippen LogP contribution in [-0.2, 0) is 12.8 Å². The second-order valence-corrected chi connectivity index (χ2v) is 6.39. The van der Waals surface area contributed by atoms with Crippen molar-refractivity contribution in [3.63, 3.8) is 0 Å². The highest BCUT2D eigenvalue weighted by molar-refractivity contribution is 7.12. The van der Waals surface area contributed by atoms with Crippen LogP contribution in [0.25, 0.3) is 0 Å². The maximum Gasteiger partial charge on any atom is 0.0453 e. The third kappa shape index (κ3) is 3.46. The van der Waals surface area contributed by atoms with Crippen molar-refractivity contribution in [2.45, 2.75) is 39.7 Å². The zero-order chi connectivity index (χ0) is 13.8. The summed E-state index contributed by atoms with van der Waals surface area (Å²) in [6, 6.07) is 11.7. The molecule has 1 unspecified atom stereocenters. The minimum Gasteiger partial charge on any atom is -0.312 e. The first-order chi connectivity index (χ1) is 9.13. The van der Waals surface area contributed by atoms with Crippen LogP contribution in [0.2, 0.25) is 0 Å². The van der Waals surface area contributed by atoms with Gasteiger partial charge in [-0.25, -0.2) is 0 Å². The highest BCUT2D eigenvalue weighted by Gasteiger charge is 2.13. The van der Waals surface area contributed by atoms with Gasteiger partial charge < -0.3 is 5.32 Å². The second-order valence-electron chi connectivity index (χ2n) is 5.10. The molecule has 0 radical (unpaired) electrons. The molecule has 0 aliphatic rings. The Morgan fingerprint density at radius 2 is 1.74 bits per heavy atom. The predicted octanol–water partition coefficient (Wildman–Crippen LogP) is 4.43. The van der Waals surface area contributed by atoms with Gasteiger partial charge in [-0.2, -0.15) is 0 Å². The highest BCUT2D eigenvalue weighted by Crippen LogP contribution is 2.28. The number of hydrogen-bond acceptors (Lipinski definition) is 2. The molecular formula is C17H23NS. The molecule has 0 spiro atoms. The van der Waals surface area contributed by atoms with Crippen LogP contribution in [0.4, 0.5) is 0 Å². The van der Waals surface area contributed by atoms with Crippen LogP contribution in [0.5, 0.6) is 0 Å². The Morgan fingerprint density at radius 1 is 1.11 bits per heavy atom. The largest absolute Gasteiger partial charge is 0.312 e. The van der Waals surface area contributed by atoms with Gasteiger partial charge in [-0.1, -0.05) is 31.2 Å². The summed E-state index contributed by atoms with van der Waals surface area (Å²) < 4.78 is 0. The Balaban J connectivity index is 2.13. The van der Waals surface area contributed by atoms with Crippen LogP contribution < -0.4 is 5.32 Å². The summed E-state index contributed by atoms with van der Waals surface area (Å²) in [6.45, 7) is 6.59. The molecule has 1 heterocycles. The summed E-state index contributed by atoms with van der Waals surface area (Å²) in [5, 5.41) is 3.45. The zero-order valence-corrected chi connectivity index (χ0v) is 13.1. The quantitative estimate of drug-likeness (QED) is 0.849. The molecule has 0 aliphatic heterocycles. The highest BCUT2D eigenvalue weighted by atomic mass is 32.1. The maximum absolute atomic E-state index is 3.45. The van der Waals surface area contributed by atoms with Crippen molar-refractivity contribution in [2.24, 2.45) is 0 Å². The topological polar surface area (TPSA) is 12.0 Å². The lowest BCUT2D eigenvalue weighted by atomic mass is 10.0. The second kappa shape index (κ2) is 6.36. The van der Waals surface area contributed by atoms with Gasteiger partial charge in [0.15, 0.2) is 0 Å². The summed E-state index contributed by atoms with van der Waals surface area (Å²) in [5.41, 5.74) is 4.22. The fourth-order valence-electron chi connectivity index (χ4n) is 2.27. The van der Waals surface area contributed by atoms with E-state index in [0.29, 0.717) is 6.04 Å². The Kier molecular flexibility index (Phi) is 4.78. The molecule has 2 aromatic rings. The van der Waals surface area contributed by atoms with Crippen LogP contribution in [0.15, 0.2) is 30.3 Å². The molecule has 1 nitrogen and oxygen atoms in total. The van der Waals surface area contributed by atoms with E-state index >= 15 is 0 Å². The van der Waals surface area contributed by atoms with Gasteiger partial charge in [-0.3, -0.25) is 0 Å². The van der Waals surface area contributed by atoms with Gasteiger partial charge in [0.05, 0.1) is 0 Å². The Labute approximate surface area is 120 Å². The average Bonchev–Trinajstić information content (AvgIpc) is 2.76. The molecule has 1 atom stereocenters. The van der Waals surface area contributed by atoms with E-state index in [1.54, 1.807) is 0 Å². The van der Waals surface area contributed by atoms with Gasteiger partial charge in [0, 0.05) is 15.8 Å². The summed E-state index contributed by atoms with van der Waals surface area (Å²) in [6.07, 6.45) is 2.17. The number of rotatable bonds is 5. The van der Waals surface area contributed by atoms with Gasteiger partial charge in [0.1, 0.15) is 0 Å². The Bertz CT molecular complexity index is 505. The standard InChI is InChI=1S/C17H23NS/c1-5-14-6-8-15(9-7-14)11-16(18-4)17-10-12(2)13(3)19-17/h6-10,16,18H,5,11H2,1-4H3. The van der Waals surface area contributed by atoms with E-state index in [-0.39, 0.29) is 0 Å². The van der Waals surface area contributed by atoms with Gasteiger partial charge in [0.2, 0.25) is 0 Å². The summed E-state index contributed by atoms with van der Waals surface area (Å²) in [7, 11) is 2.05. The van der Waals surface area contributed by atoms with Gasteiger partial charge in [-0.05, 0) is 56.5 Å². The SMILES string of the molecule is CCc1ccc(CC(NC)c2cc(C)c(C)s2)cc1.